The Labute approximate surface area is 204 Å². The number of alkyl halides is 17. The lowest BCUT2D eigenvalue weighted by Crippen LogP contribution is -2.74. The Balaban J connectivity index is 5.58. The highest BCUT2D eigenvalue weighted by Gasteiger charge is 2.95. The molecule has 0 spiro atoms. The lowest BCUT2D eigenvalue weighted by molar-refractivity contribution is -0.461. The number of halogens is 17. The van der Waals surface area contributed by atoms with Crippen LogP contribution < -0.4 is 0 Å². The van der Waals surface area contributed by atoms with Gasteiger partial charge in [0.2, 0.25) is 0 Å². The van der Waals surface area contributed by atoms with Crippen molar-refractivity contribution < 1.29 is 74.6 Å². The molecule has 0 nitrogen and oxygen atoms in total. The summed E-state index contributed by atoms with van der Waals surface area (Å²) in [5.41, 5.74) is 0. The van der Waals surface area contributed by atoms with Crippen LogP contribution in [0.2, 0.25) is 0 Å². The molecule has 0 radical (unpaired) electrons. The fourth-order valence-electron chi connectivity index (χ4n) is 3.01. The van der Waals surface area contributed by atoms with Gasteiger partial charge in [0.15, 0.2) is 0 Å². The fourth-order valence-corrected chi connectivity index (χ4v) is 3.50. The van der Waals surface area contributed by atoms with Crippen LogP contribution in [0.25, 0.3) is 0 Å². The van der Waals surface area contributed by atoms with Gasteiger partial charge in [-0.1, -0.05) is 38.5 Å². The largest absolute Gasteiger partial charge is 0.460 e. The number of unbranched alkanes of at least 4 members (excludes halogenated alkanes) is 7. The van der Waals surface area contributed by atoms with Crippen molar-refractivity contribution in [1.29, 1.82) is 0 Å². The predicted octanol–water partition coefficient (Wildman–Crippen LogP) is 9.87. The molecule has 0 aromatic heterocycles. The second-order valence-corrected chi connectivity index (χ2v) is 9.21. The monoisotopic (exact) mass is 606 g/mol. The Bertz CT molecular complexity index is 699. The lowest BCUT2D eigenvalue weighted by Gasteiger charge is -2.42. The zero-order valence-electron chi connectivity index (χ0n) is 18.9. The van der Waals surface area contributed by atoms with Gasteiger partial charge in [-0.15, -0.1) is 0 Å². The molecular weight excluding hydrogens is 583 g/mol. The first-order chi connectivity index (χ1) is 16.3. The van der Waals surface area contributed by atoms with Crippen molar-refractivity contribution in [3.63, 3.8) is 0 Å². The van der Waals surface area contributed by atoms with Crippen molar-refractivity contribution in [2.75, 3.05) is 12.0 Å². The highest BCUT2D eigenvalue weighted by Crippen LogP contribution is 2.64. The topological polar surface area (TPSA) is 0 Å². The minimum absolute atomic E-state index is 0.0908. The van der Waals surface area contributed by atoms with Crippen LogP contribution in [0.3, 0.4) is 0 Å². The summed E-state index contributed by atoms with van der Waals surface area (Å²) in [5.74, 6) is -54.8. The minimum Gasteiger partial charge on any atom is -0.200 e. The molecule has 0 amide bonds. The molecule has 18 heteroatoms. The van der Waals surface area contributed by atoms with Gasteiger partial charge in [-0.25, -0.2) is 0 Å². The second-order valence-electron chi connectivity index (χ2n) is 8.22. The normalized spacial score (nSPS) is 15.4. The van der Waals surface area contributed by atoms with Gasteiger partial charge in [0.05, 0.1) is 0 Å². The first-order valence-electron chi connectivity index (χ1n) is 10.5. The molecule has 0 rings (SSSR count). The van der Waals surface area contributed by atoms with Gasteiger partial charge in [-0.05, 0) is 24.9 Å². The molecule has 0 heterocycles. The van der Waals surface area contributed by atoms with Crippen LogP contribution in [-0.4, -0.2) is 59.6 Å². The highest BCUT2D eigenvalue weighted by atomic mass is 32.2. The summed E-state index contributed by atoms with van der Waals surface area (Å²) in [6, 6.07) is 0. The Kier molecular flexibility index (Phi) is 11.9. The molecule has 0 fully saturated rings. The standard InChI is InChI=1S/C19H23F17S/c1-37-11-9-7-5-3-2-4-6-8-10-12(20,21)13(22,23)14(24,25)15(26,27)16(28,29)17(30,31)18(32,33)19(34,35)36/h2-11H2,1H3. The van der Waals surface area contributed by atoms with Crippen LogP contribution >= 0.6 is 11.8 Å². The lowest BCUT2D eigenvalue weighted by atomic mass is 9.87. The van der Waals surface area contributed by atoms with E-state index in [1.54, 1.807) is 11.8 Å². The van der Waals surface area contributed by atoms with Gasteiger partial charge in [-0.2, -0.15) is 86.4 Å². The van der Waals surface area contributed by atoms with Gasteiger partial charge < -0.3 is 0 Å². The van der Waals surface area contributed by atoms with Crippen LogP contribution in [0, 0.1) is 0 Å². The van der Waals surface area contributed by atoms with Crippen molar-refractivity contribution >= 4 is 11.8 Å². The first-order valence-corrected chi connectivity index (χ1v) is 11.9. The number of rotatable bonds is 17. The SMILES string of the molecule is CSCCCCCCCCCCC(F)(F)C(F)(F)C(F)(F)C(F)(F)C(F)(F)C(F)(F)C(F)(F)C(F)(F)F. The molecule has 0 aliphatic rings. The van der Waals surface area contributed by atoms with E-state index in [1.807, 2.05) is 6.26 Å². The van der Waals surface area contributed by atoms with E-state index in [0.717, 1.165) is 25.0 Å². The Morgan fingerprint density at radius 2 is 0.676 bits per heavy atom. The van der Waals surface area contributed by atoms with Crippen molar-refractivity contribution in [2.45, 2.75) is 105 Å². The Morgan fingerprint density at radius 3 is 1.03 bits per heavy atom. The molecular formula is C19H23F17S. The molecule has 0 bridgehead atoms. The third kappa shape index (κ3) is 6.84. The van der Waals surface area contributed by atoms with Crippen molar-refractivity contribution in [3.8, 4) is 0 Å². The molecule has 0 aliphatic carbocycles. The van der Waals surface area contributed by atoms with Crippen LogP contribution in [0.4, 0.5) is 74.6 Å². The predicted molar refractivity (Wildman–Crippen MR) is 101 cm³/mol. The second kappa shape index (κ2) is 12.1. The summed E-state index contributed by atoms with van der Waals surface area (Å²) < 4.78 is 224. The van der Waals surface area contributed by atoms with E-state index in [9.17, 15) is 74.6 Å². The van der Waals surface area contributed by atoms with E-state index in [-0.39, 0.29) is 12.8 Å². The third-order valence-electron chi connectivity index (χ3n) is 5.38. The van der Waals surface area contributed by atoms with E-state index in [0.29, 0.717) is 12.8 Å². The average molecular weight is 606 g/mol. The molecule has 0 aromatic carbocycles. The molecule has 0 saturated carbocycles. The summed E-state index contributed by atoms with van der Waals surface area (Å²) in [6.07, 6.45) is -6.10. The maximum absolute atomic E-state index is 13.8. The first kappa shape index (κ1) is 36.2. The summed E-state index contributed by atoms with van der Waals surface area (Å²) in [5, 5.41) is 0. The van der Waals surface area contributed by atoms with Crippen molar-refractivity contribution in [2.24, 2.45) is 0 Å². The molecule has 0 aromatic rings. The number of hydrogen-bond acceptors (Lipinski definition) is 1. The number of thioether (sulfide) groups is 1. The average Bonchev–Trinajstić information content (AvgIpc) is 2.73. The third-order valence-corrected chi connectivity index (χ3v) is 6.07. The summed E-state index contributed by atoms with van der Waals surface area (Å²) in [4.78, 5) is 0. The smallest absolute Gasteiger partial charge is 0.200 e. The van der Waals surface area contributed by atoms with Crippen LogP contribution in [0.5, 0.6) is 0 Å². The zero-order chi connectivity index (χ0) is 29.8. The summed E-state index contributed by atoms with van der Waals surface area (Å²) in [7, 11) is 0. The van der Waals surface area contributed by atoms with Crippen molar-refractivity contribution in [1.82, 2.24) is 0 Å². The molecule has 0 atom stereocenters. The van der Waals surface area contributed by atoms with Crippen molar-refractivity contribution in [3.05, 3.63) is 0 Å². The molecule has 0 unspecified atom stereocenters. The van der Waals surface area contributed by atoms with Crippen LogP contribution in [-0.2, 0) is 0 Å². The molecule has 0 aliphatic heterocycles. The Morgan fingerprint density at radius 1 is 0.378 bits per heavy atom. The highest BCUT2D eigenvalue weighted by molar-refractivity contribution is 7.98. The Hall–Kier alpha value is -0.840. The fraction of sp³-hybridized carbons (Fsp3) is 1.00. The summed E-state index contributed by atoms with van der Waals surface area (Å²) in [6.45, 7) is 0. The van der Waals surface area contributed by atoms with Gasteiger partial charge in [0.25, 0.3) is 0 Å². The van der Waals surface area contributed by atoms with E-state index in [2.05, 4.69) is 0 Å². The minimum atomic E-state index is -8.57. The van der Waals surface area contributed by atoms with E-state index in [4.69, 9.17) is 0 Å². The van der Waals surface area contributed by atoms with E-state index in [1.165, 1.54) is 0 Å². The van der Waals surface area contributed by atoms with Gasteiger partial charge in [-0.3, -0.25) is 0 Å². The van der Waals surface area contributed by atoms with Gasteiger partial charge in [0.1, 0.15) is 0 Å². The van der Waals surface area contributed by atoms with Gasteiger partial charge in [0, 0.05) is 6.42 Å². The van der Waals surface area contributed by atoms with E-state index < -0.39 is 60.5 Å². The van der Waals surface area contributed by atoms with Crippen LogP contribution in [0.1, 0.15) is 57.8 Å². The molecule has 224 valence electrons. The maximum Gasteiger partial charge on any atom is 0.460 e. The number of hydrogen-bond donors (Lipinski definition) is 0. The summed E-state index contributed by atoms with van der Waals surface area (Å²) >= 11 is 1.60. The maximum atomic E-state index is 13.8. The van der Waals surface area contributed by atoms with Gasteiger partial charge >= 0.3 is 47.6 Å². The zero-order valence-corrected chi connectivity index (χ0v) is 19.7. The molecule has 0 saturated heterocycles. The van der Waals surface area contributed by atoms with Crippen LogP contribution in [0.15, 0.2) is 0 Å². The molecule has 37 heavy (non-hydrogen) atoms. The molecule has 0 N–H and O–H groups in total. The van der Waals surface area contributed by atoms with E-state index >= 15 is 0 Å². The quantitative estimate of drug-likeness (QED) is 0.117.